The van der Waals surface area contributed by atoms with Crippen LogP contribution in [0.2, 0.25) is 0 Å². The highest BCUT2D eigenvalue weighted by atomic mass is 32.1. The quantitative estimate of drug-likeness (QED) is 0.166. The van der Waals surface area contributed by atoms with Gasteiger partial charge >= 0.3 is 0 Å². The van der Waals surface area contributed by atoms with Gasteiger partial charge < -0.3 is 9.13 Å². The predicted octanol–water partition coefficient (Wildman–Crippen LogP) is 13.1. The first-order valence-corrected chi connectivity index (χ1v) is 19.8. The average molecular weight is 764 g/mol. The van der Waals surface area contributed by atoms with Crippen molar-refractivity contribution in [2.45, 2.75) is 0 Å². The number of thiol groups is 1. The summed E-state index contributed by atoms with van der Waals surface area (Å²) in [5.41, 5.74) is 17.2. The Kier molecular flexibility index (Phi) is 9.11. The van der Waals surface area contributed by atoms with Crippen LogP contribution in [0.3, 0.4) is 0 Å². The molecule has 0 unspecified atom stereocenters. The summed E-state index contributed by atoms with van der Waals surface area (Å²) in [5.74, 6) is 0. The fraction of sp³-hybridized carbons (Fsp3) is 0. The Balaban J connectivity index is 0.00000201. The highest BCUT2D eigenvalue weighted by molar-refractivity contribution is 7.77. The molecule has 11 aromatic rings. The number of nitrogens with two attached hydrogens (primary N) is 1. The first-order chi connectivity index (χ1) is 28.8. The maximum Gasteiger partial charge on any atom is 0.0971 e. The van der Waals surface area contributed by atoms with Crippen LogP contribution < -0.4 is 5.14 Å². The minimum atomic E-state index is 0.956. The van der Waals surface area contributed by atoms with Crippen LogP contribution in [-0.4, -0.2) is 19.1 Å². The number of hydrogen-bond acceptors (Lipinski definition) is 4. The molecule has 0 atom stereocenters. The molecule has 11 rings (SSSR count). The molecule has 4 heterocycles. The fourth-order valence-electron chi connectivity index (χ4n) is 8.25. The molecule has 0 fully saturated rings. The lowest BCUT2D eigenvalue weighted by Gasteiger charge is -2.13. The topological polar surface area (TPSA) is 61.7 Å². The van der Waals surface area contributed by atoms with Crippen LogP contribution in [0.4, 0.5) is 0 Å². The number of hydrogen-bond donors (Lipinski definition) is 2. The van der Waals surface area contributed by atoms with Gasteiger partial charge in [-0.2, -0.15) is 0 Å². The zero-order valence-electron chi connectivity index (χ0n) is 31.4. The number of aromatic nitrogens is 4. The van der Waals surface area contributed by atoms with Gasteiger partial charge in [0.2, 0.25) is 0 Å². The van der Waals surface area contributed by atoms with Gasteiger partial charge in [0.25, 0.3) is 0 Å². The Hall–Kier alpha value is -7.25. The molecule has 0 aliphatic rings. The molecular weight excluding hydrogens is 727 g/mol. The summed E-state index contributed by atoms with van der Waals surface area (Å²) in [4.78, 5) is 10.7. The summed E-state index contributed by atoms with van der Waals surface area (Å²) in [6, 6.07) is 73.1. The van der Waals surface area contributed by atoms with Crippen molar-refractivity contribution in [2.24, 2.45) is 5.14 Å². The van der Waals surface area contributed by atoms with Gasteiger partial charge in [-0.05, 0) is 89.0 Å². The van der Waals surface area contributed by atoms with Gasteiger partial charge in [-0.25, -0.2) is 9.97 Å². The second-order valence-electron chi connectivity index (χ2n) is 14.2. The smallest absolute Gasteiger partial charge is 0.0971 e. The van der Waals surface area contributed by atoms with Crippen LogP contribution in [0.15, 0.2) is 206 Å². The first-order valence-electron chi connectivity index (χ1n) is 19.3. The summed E-state index contributed by atoms with van der Waals surface area (Å²) >= 11 is 3.03. The average Bonchev–Trinajstić information content (AvgIpc) is 3.82. The number of fused-ring (bicyclic) bond motifs is 6. The highest BCUT2D eigenvalue weighted by Crippen LogP contribution is 2.38. The van der Waals surface area contributed by atoms with Gasteiger partial charge in [0.1, 0.15) is 0 Å². The molecule has 0 saturated carbocycles. The van der Waals surface area contributed by atoms with Crippen molar-refractivity contribution in [1.29, 1.82) is 0 Å². The lowest BCUT2D eigenvalue weighted by atomic mass is 10.0. The molecule has 0 aliphatic heterocycles. The monoisotopic (exact) mass is 763 g/mol. The molecule has 7 aromatic carbocycles. The maximum atomic E-state index is 5.35. The Labute approximate surface area is 341 Å². The van der Waals surface area contributed by atoms with E-state index < -0.39 is 0 Å². The van der Waals surface area contributed by atoms with E-state index in [1.807, 2.05) is 12.1 Å². The summed E-state index contributed by atoms with van der Waals surface area (Å²) in [6.45, 7) is 0. The minimum Gasteiger partial charge on any atom is -0.308 e. The molecule has 5 nitrogen and oxygen atoms in total. The van der Waals surface area contributed by atoms with Gasteiger partial charge in [0.15, 0.2) is 0 Å². The predicted molar refractivity (Wildman–Crippen MR) is 246 cm³/mol. The van der Waals surface area contributed by atoms with Crippen molar-refractivity contribution in [3.63, 3.8) is 0 Å². The van der Waals surface area contributed by atoms with Crippen LogP contribution >= 0.6 is 12.8 Å². The zero-order valence-corrected chi connectivity index (χ0v) is 32.3. The first kappa shape index (κ1) is 35.2. The van der Waals surface area contributed by atoms with Crippen LogP contribution in [0.5, 0.6) is 0 Å². The van der Waals surface area contributed by atoms with E-state index in [1.165, 1.54) is 22.3 Å². The molecule has 6 heteroatoms. The number of nitrogens with zero attached hydrogens (tertiary/aromatic N) is 4. The fourth-order valence-corrected chi connectivity index (χ4v) is 8.25. The molecule has 0 radical (unpaired) electrons. The van der Waals surface area contributed by atoms with Gasteiger partial charge in [-0.3, -0.25) is 5.14 Å². The summed E-state index contributed by atoms with van der Waals surface area (Å²) < 4.78 is 4.73. The van der Waals surface area contributed by atoms with E-state index in [9.17, 15) is 0 Å². The zero-order chi connectivity index (χ0) is 39.0. The van der Waals surface area contributed by atoms with E-state index in [0.717, 1.165) is 77.8 Å². The third kappa shape index (κ3) is 6.12. The minimum absolute atomic E-state index is 0.956. The van der Waals surface area contributed by atoms with E-state index >= 15 is 0 Å². The van der Waals surface area contributed by atoms with Crippen LogP contribution in [0.1, 0.15) is 0 Å². The van der Waals surface area contributed by atoms with Crippen molar-refractivity contribution in [3.05, 3.63) is 206 Å². The summed E-state index contributed by atoms with van der Waals surface area (Å²) in [6.07, 6.45) is 0. The molecule has 0 spiro atoms. The third-order valence-corrected chi connectivity index (χ3v) is 10.9. The van der Waals surface area contributed by atoms with Crippen molar-refractivity contribution < 1.29 is 0 Å². The lowest BCUT2D eigenvalue weighted by molar-refractivity contribution is 1.13. The van der Waals surface area contributed by atoms with Crippen LogP contribution in [-0.2, 0) is 0 Å². The number of pyridine rings is 2. The Bertz CT molecular complexity index is 3130. The molecule has 58 heavy (non-hydrogen) atoms. The lowest BCUT2D eigenvalue weighted by Crippen LogP contribution is -1.99. The molecule has 0 aliphatic carbocycles. The molecule has 0 bridgehead atoms. The third-order valence-electron chi connectivity index (χ3n) is 10.9. The molecular formula is C52H37N5S. The van der Waals surface area contributed by atoms with Crippen molar-refractivity contribution >= 4 is 56.7 Å². The Morgan fingerprint density at radius 1 is 0.310 bits per heavy atom. The second-order valence-corrected chi connectivity index (χ2v) is 14.2. The van der Waals surface area contributed by atoms with Crippen molar-refractivity contribution in [2.75, 3.05) is 0 Å². The summed E-state index contributed by atoms with van der Waals surface area (Å²) in [5, 5.41) is 6.43. The van der Waals surface area contributed by atoms with Crippen molar-refractivity contribution in [1.82, 2.24) is 19.1 Å². The maximum absolute atomic E-state index is 5.35. The molecule has 276 valence electrons. The Morgan fingerprint density at radius 2 is 0.741 bits per heavy atom. The van der Waals surface area contributed by atoms with E-state index in [0.29, 0.717) is 0 Å². The van der Waals surface area contributed by atoms with Gasteiger partial charge in [0.05, 0.1) is 44.5 Å². The van der Waals surface area contributed by atoms with E-state index in [2.05, 4.69) is 221 Å². The largest absolute Gasteiger partial charge is 0.308 e. The molecule has 0 amide bonds. The van der Waals surface area contributed by atoms with Crippen molar-refractivity contribution in [3.8, 4) is 56.1 Å². The molecule has 2 N–H and O–H groups in total. The normalized spacial score (nSPS) is 11.3. The highest BCUT2D eigenvalue weighted by Gasteiger charge is 2.19. The second kappa shape index (κ2) is 15.0. The SMILES string of the molecule is NS.c1ccc(-c2ccc3c(c2)c2nc(-c4ccccc4)ccc2n3-c2cccc(-n3c4cc(-c5ccccc5)ccc4c4nc(-c5ccccc5)ccc43)c2)cc1. The standard InChI is InChI=1S/C52H34N4.H3NS/c1-5-14-35(15-6-1)39-25-29-47-44(32-39)52-49(31-28-46(54-52)38-20-11-4-12-21-38)55(47)41-22-13-23-42(34-41)56-48-30-27-45(37-18-9-3-10-19-37)53-51(48)43-26-24-40(33-50(43)56)36-16-7-2-8-17-36;1-2/h1-34H;2H,1H2. The number of benzene rings is 7. The molecule has 4 aromatic heterocycles. The van der Waals surface area contributed by atoms with Crippen LogP contribution in [0, 0.1) is 0 Å². The summed E-state index contributed by atoms with van der Waals surface area (Å²) in [7, 11) is 0. The Morgan fingerprint density at radius 3 is 1.28 bits per heavy atom. The van der Waals surface area contributed by atoms with E-state index in [-0.39, 0.29) is 0 Å². The van der Waals surface area contributed by atoms with Gasteiger partial charge in [-0.15, -0.1) is 12.8 Å². The molecule has 0 saturated heterocycles. The number of rotatable bonds is 6. The van der Waals surface area contributed by atoms with E-state index in [1.54, 1.807) is 0 Å². The van der Waals surface area contributed by atoms with Gasteiger partial charge in [0, 0.05) is 33.3 Å². The van der Waals surface area contributed by atoms with Gasteiger partial charge in [-0.1, -0.05) is 140 Å². The van der Waals surface area contributed by atoms with E-state index in [4.69, 9.17) is 9.97 Å². The van der Waals surface area contributed by atoms with Crippen LogP contribution in [0.25, 0.3) is 100 Å².